The first-order valence-electron chi connectivity index (χ1n) is 6.35. The van der Waals surface area contributed by atoms with Gasteiger partial charge in [0, 0.05) is 12.1 Å². The monoisotopic (exact) mass is 300 g/mol. The molecule has 1 heterocycles. The first-order chi connectivity index (χ1) is 9.04. The Bertz CT molecular complexity index is 568. The summed E-state index contributed by atoms with van der Waals surface area (Å²) >= 11 is 8.04. The molecule has 19 heavy (non-hydrogen) atoms. The Hall–Kier alpha value is -0.740. The number of hydrogen-bond donors (Lipinski definition) is 0. The van der Waals surface area contributed by atoms with Gasteiger partial charge in [0.05, 0.1) is 16.4 Å². The number of imidazole rings is 1. The van der Waals surface area contributed by atoms with Crippen LogP contribution in [0.2, 0.25) is 0 Å². The Morgan fingerprint density at radius 1 is 1.42 bits per heavy atom. The lowest BCUT2D eigenvalue weighted by Crippen LogP contribution is -2.10. The molecule has 2 atom stereocenters. The minimum absolute atomic E-state index is 0.188. The van der Waals surface area contributed by atoms with Crippen molar-refractivity contribution in [3.05, 3.63) is 29.8 Å². The lowest BCUT2D eigenvalue weighted by Gasteiger charge is -2.18. The number of rotatable bonds is 5. The molecule has 2 aromatic rings. The van der Waals surface area contributed by atoms with E-state index in [4.69, 9.17) is 11.6 Å². The Balaban J connectivity index is 2.51. The maximum absolute atomic E-state index is 13.3. The summed E-state index contributed by atoms with van der Waals surface area (Å²) in [5, 5.41) is -0.188. The van der Waals surface area contributed by atoms with Crippen molar-refractivity contribution in [1.29, 1.82) is 0 Å². The summed E-state index contributed by atoms with van der Waals surface area (Å²) in [5.74, 6) is 1.64. The average Bonchev–Trinajstić information content (AvgIpc) is 2.74. The SMILES string of the molecule is CSCCC(C)n1c(C(C)Cl)nc2cc(F)ccc21. The molecule has 5 heteroatoms. The molecule has 0 amide bonds. The number of thioether (sulfide) groups is 1. The number of fused-ring (bicyclic) bond motifs is 1. The fraction of sp³-hybridized carbons (Fsp3) is 0.500. The number of alkyl halides is 1. The molecule has 0 bridgehead atoms. The lowest BCUT2D eigenvalue weighted by molar-refractivity contribution is 0.525. The van der Waals surface area contributed by atoms with Gasteiger partial charge in [-0.25, -0.2) is 9.37 Å². The van der Waals surface area contributed by atoms with Crippen LogP contribution in [-0.2, 0) is 0 Å². The second kappa shape index (κ2) is 6.14. The van der Waals surface area contributed by atoms with Gasteiger partial charge in [-0.3, -0.25) is 0 Å². The smallest absolute Gasteiger partial charge is 0.127 e. The number of nitrogens with zero attached hydrogens (tertiary/aromatic N) is 2. The molecule has 0 aliphatic rings. The van der Waals surface area contributed by atoms with Gasteiger partial charge in [0.25, 0.3) is 0 Å². The molecule has 1 aromatic heterocycles. The standard InChI is InChI=1S/C14H18ClFN2S/c1-9(6-7-19-3)18-13-5-4-11(16)8-12(13)17-14(18)10(2)15/h4-5,8-10H,6-7H2,1-3H3. The lowest BCUT2D eigenvalue weighted by atomic mass is 10.2. The Morgan fingerprint density at radius 3 is 2.79 bits per heavy atom. The summed E-state index contributed by atoms with van der Waals surface area (Å²) < 4.78 is 15.4. The van der Waals surface area contributed by atoms with E-state index >= 15 is 0 Å². The van der Waals surface area contributed by atoms with E-state index in [-0.39, 0.29) is 11.2 Å². The highest BCUT2D eigenvalue weighted by molar-refractivity contribution is 7.98. The zero-order chi connectivity index (χ0) is 14.0. The van der Waals surface area contributed by atoms with Crippen molar-refractivity contribution in [3.63, 3.8) is 0 Å². The van der Waals surface area contributed by atoms with Crippen LogP contribution >= 0.6 is 23.4 Å². The minimum Gasteiger partial charge on any atom is -0.324 e. The van der Waals surface area contributed by atoms with E-state index in [1.807, 2.05) is 18.7 Å². The Labute approximate surface area is 122 Å². The van der Waals surface area contributed by atoms with Crippen molar-refractivity contribution in [2.45, 2.75) is 31.7 Å². The molecule has 0 aliphatic carbocycles. The summed E-state index contributed by atoms with van der Waals surface area (Å²) in [5.41, 5.74) is 1.64. The van der Waals surface area contributed by atoms with E-state index in [9.17, 15) is 4.39 Å². The van der Waals surface area contributed by atoms with E-state index in [1.165, 1.54) is 12.1 Å². The fourth-order valence-corrected chi connectivity index (χ4v) is 2.98. The molecule has 104 valence electrons. The summed E-state index contributed by atoms with van der Waals surface area (Å²) in [6, 6.07) is 5.04. The predicted octanol–water partition coefficient (Wildman–Crippen LogP) is 4.79. The highest BCUT2D eigenvalue weighted by Crippen LogP contribution is 2.30. The maximum atomic E-state index is 13.3. The van der Waals surface area contributed by atoms with Gasteiger partial charge in [-0.05, 0) is 44.4 Å². The molecule has 2 unspecified atom stereocenters. The van der Waals surface area contributed by atoms with Crippen LogP contribution in [0, 0.1) is 5.82 Å². The molecule has 0 saturated heterocycles. The second-order valence-corrected chi connectivity index (χ2v) is 6.36. The average molecular weight is 301 g/mol. The van der Waals surface area contributed by atoms with Gasteiger partial charge in [0.2, 0.25) is 0 Å². The zero-order valence-electron chi connectivity index (χ0n) is 11.4. The van der Waals surface area contributed by atoms with Crippen molar-refractivity contribution in [3.8, 4) is 0 Å². The topological polar surface area (TPSA) is 17.8 Å². The third-order valence-electron chi connectivity index (χ3n) is 3.22. The third kappa shape index (κ3) is 3.06. The molecular weight excluding hydrogens is 283 g/mol. The first-order valence-corrected chi connectivity index (χ1v) is 8.18. The van der Waals surface area contributed by atoms with Gasteiger partial charge < -0.3 is 4.57 Å². The van der Waals surface area contributed by atoms with Crippen LogP contribution in [0.3, 0.4) is 0 Å². The second-order valence-electron chi connectivity index (χ2n) is 4.72. The van der Waals surface area contributed by atoms with Gasteiger partial charge in [0.1, 0.15) is 11.6 Å². The van der Waals surface area contributed by atoms with Crippen LogP contribution in [0.4, 0.5) is 4.39 Å². The van der Waals surface area contributed by atoms with Crippen molar-refractivity contribution >= 4 is 34.4 Å². The molecule has 0 N–H and O–H groups in total. The predicted molar refractivity (Wildman–Crippen MR) is 81.7 cm³/mol. The highest BCUT2D eigenvalue weighted by Gasteiger charge is 2.19. The summed E-state index contributed by atoms with van der Waals surface area (Å²) in [6.45, 7) is 4.06. The number of halogens is 2. The Morgan fingerprint density at radius 2 is 2.16 bits per heavy atom. The third-order valence-corrected chi connectivity index (χ3v) is 4.05. The van der Waals surface area contributed by atoms with Gasteiger partial charge in [-0.15, -0.1) is 11.6 Å². The van der Waals surface area contributed by atoms with E-state index < -0.39 is 0 Å². The summed E-state index contributed by atoms with van der Waals surface area (Å²) in [4.78, 5) is 4.49. The minimum atomic E-state index is -0.261. The normalized spacial score (nSPS) is 14.8. The fourth-order valence-electron chi connectivity index (χ4n) is 2.25. The van der Waals surface area contributed by atoms with E-state index in [1.54, 1.807) is 6.07 Å². The highest BCUT2D eigenvalue weighted by atomic mass is 35.5. The van der Waals surface area contributed by atoms with Crippen LogP contribution in [0.1, 0.15) is 37.5 Å². The molecule has 2 rings (SSSR count). The quantitative estimate of drug-likeness (QED) is 0.739. The molecule has 0 spiro atoms. The molecule has 2 nitrogen and oxygen atoms in total. The van der Waals surface area contributed by atoms with E-state index in [0.717, 1.165) is 23.5 Å². The van der Waals surface area contributed by atoms with Crippen LogP contribution < -0.4 is 0 Å². The number of benzene rings is 1. The van der Waals surface area contributed by atoms with Crippen LogP contribution in [-0.4, -0.2) is 21.6 Å². The zero-order valence-corrected chi connectivity index (χ0v) is 12.9. The molecule has 0 radical (unpaired) electrons. The van der Waals surface area contributed by atoms with E-state index in [0.29, 0.717) is 11.6 Å². The van der Waals surface area contributed by atoms with Gasteiger partial charge in [-0.1, -0.05) is 0 Å². The summed E-state index contributed by atoms with van der Waals surface area (Å²) in [6.07, 6.45) is 3.14. The van der Waals surface area contributed by atoms with Crippen molar-refractivity contribution in [2.75, 3.05) is 12.0 Å². The molecule has 0 saturated carbocycles. The van der Waals surface area contributed by atoms with Gasteiger partial charge in [-0.2, -0.15) is 11.8 Å². The maximum Gasteiger partial charge on any atom is 0.127 e. The molecular formula is C14H18ClFN2S. The Kier molecular flexibility index (Phi) is 4.74. The van der Waals surface area contributed by atoms with Crippen LogP contribution in [0.5, 0.6) is 0 Å². The number of hydrogen-bond acceptors (Lipinski definition) is 2. The van der Waals surface area contributed by atoms with E-state index in [2.05, 4.69) is 22.7 Å². The van der Waals surface area contributed by atoms with Gasteiger partial charge >= 0.3 is 0 Å². The summed E-state index contributed by atoms with van der Waals surface area (Å²) in [7, 11) is 0. The number of aromatic nitrogens is 2. The molecule has 0 aliphatic heterocycles. The van der Waals surface area contributed by atoms with Crippen LogP contribution in [0.25, 0.3) is 11.0 Å². The van der Waals surface area contributed by atoms with Crippen molar-refractivity contribution < 1.29 is 4.39 Å². The van der Waals surface area contributed by atoms with Crippen LogP contribution in [0.15, 0.2) is 18.2 Å². The van der Waals surface area contributed by atoms with Crippen molar-refractivity contribution in [2.24, 2.45) is 0 Å². The van der Waals surface area contributed by atoms with Gasteiger partial charge in [0.15, 0.2) is 0 Å². The first kappa shape index (κ1) is 14.7. The molecule has 0 fully saturated rings. The largest absolute Gasteiger partial charge is 0.324 e. The molecule has 1 aromatic carbocycles. The van der Waals surface area contributed by atoms with Crippen molar-refractivity contribution in [1.82, 2.24) is 9.55 Å².